The smallest absolute Gasteiger partial charge is 0.351 e. The van der Waals surface area contributed by atoms with Gasteiger partial charge in [-0.1, -0.05) is 0 Å². The molecule has 8 heteroatoms. The Labute approximate surface area is 115 Å². The van der Waals surface area contributed by atoms with Crippen LogP contribution >= 0.6 is 0 Å². The molecule has 0 aliphatic carbocycles. The summed E-state index contributed by atoms with van der Waals surface area (Å²) in [4.78, 5) is 26.7. The molecule has 3 atom stereocenters. The molecule has 0 bridgehead atoms. The fourth-order valence-corrected chi connectivity index (χ4v) is 2.12. The monoisotopic (exact) mass is 283 g/mol. The Bertz CT molecular complexity index is 571. The Morgan fingerprint density at radius 2 is 2.35 bits per heavy atom. The topological polar surface area (TPSA) is 114 Å². The van der Waals surface area contributed by atoms with Crippen molar-refractivity contribution in [1.29, 1.82) is 0 Å². The molecular weight excluding hydrogens is 266 g/mol. The van der Waals surface area contributed by atoms with Crippen molar-refractivity contribution in [2.75, 3.05) is 11.9 Å². The van der Waals surface area contributed by atoms with E-state index in [1.54, 1.807) is 6.92 Å². The summed E-state index contributed by atoms with van der Waals surface area (Å²) >= 11 is 0. The van der Waals surface area contributed by atoms with Crippen molar-refractivity contribution in [3.05, 3.63) is 22.2 Å². The maximum atomic E-state index is 11.9. The molecule has 1 aromatic heterocycles. The number of nitrogens with zero attached hydrogens (tertiary/aromatic N) is 2. The van der Waals surface area contributed by atoms with Gasteiger partial charge in [0.15, 0.2) is 0 Å². The predicted octanol–water partition coefficient (Wildman–Crippen LogP) is -0.849. The first-order valence-electron chi connectivity index (χ1n) is 6.24. The summed E-state index contributed by atoms with van der Waals surface area (Å²) in [7, 11) is 0. The van der Waals surface area contributed by atoms with E-state index in [-0.39, 0.29) is 24.8 Å². The minimum absolute atomic E-state index is 0.200. The van der Waals surface area contributed by atoms with Crippen molar-refractivity contribution in [3.8, 4) is 0 Å². The van der Waals surface area contributed by atoms with E-state index in [1.807, 2.05) is 0 Å². The molecule has 1 amide bonds. The molecule has 0 saturated carbocycles. The third kappa shape index (κ3) is 2.87. The fourth-order valence-electron chi connectivity index (χ4n) is 2.12. The molecular formula is C12H17N3O5. The largest absolute Gasteiger partial charge is 0.394 e. The molecule has 8 nitrogen and oxygen atoms in total. The number of aliphatic hydroxyl groups is 2. The number of hydrogen-bond donors (Lipinski definition) is 3. The van der Waals surface area contributed by atoms with Crippen molar-refractivity contribution in [1.82, 2.24) is 9.55 Å². The Morgan fingerprint density at radius 3 is 2.90 bits per heavy atom. The summed E-state index contributed by atoms with van der Waals surface area (Å²) in [6.45, 7) is 2.71. The van der Waals surface area contributed by atoms with Gasteiger partial charge >= 0.3 is 5.69 Å². The SMILES string of the molecule is CC(=O)Nc1nc(=O)n([C@H]2C[C@@H](O)[C@@H](CO)O2)cc1C. The predicted molar refractivity (Wildman–Crippen MR) is 69.2 cm³/mol. The van der Waals surface area contributed by atoms with Crippen LogP contribution in [0.4, 0.5) is 5.82 Å². The number of ether oxygens (including phenoxy) is 1. The highest BCUT2D eigenvalue weighted by atomic mass is 16.5. The first kappa shape index (κ1) is 14.6. The third-order valence-corrected chi connectivity index (χ3v) is 3.12. The average molecular weight is 283 g/mol. The lowest BCUT2D eigenvalue weighted by Crippen LogP contribution is -2.29. The summed E-state index contributed by atoms with van der Waals surface area (Å²) < 4.78 is 6.65. The van der Waals surface area contributed by atoms with E-state index in [1.165, 1.54) is 17.7 Å². The molecule has 0 radical (unpaired) electrons. The van der Waals surface area contributed by atoms with Crippen molar-refractivity contribution >= 4 is 11.7 Å². The second kappa shape index (κ2) is 5.70. The van der Waals surface area contributed by atoms with Crippen LogP contribution in [0.15, 0.2) is 11.0 Å². The van der Waals surface area contributed by atoms with Crippen LogP contribution < -0.4 is 11.0 Å². The lowest BCUT2D eigenvalue weighted by Gasteiger charge is -2.16. The van der Waals surface area contributed by atoms with Gasteiger partial charge in [0.2, 0.25) is 5.91 Å². The number of rotatable bonds is 3. The van der Waals surface area contributed by atoms with E-state index in [9.17, 15) is 14.7 Å². The number of aryl methyl sites for hydroxylation is 1. The van der Waals surface area contributed by atoms with Gasteiger partial charge in [0.05, 0.1) is 12.7 Å². The number of hydrogen-bond acceptors (Lipinski definition) is 6. The van der Waals surface area contributed by atoms with Crippen molar-refractivity contribution in [2.45, 2.75) is 38.7 Å². The summed E-state index contributed by atoms with van der Waals surface area (Å²) in [6.07, 6.45) is -0.495. The zero-order valence-electron chi connectivity index (χ0n) is 11.2. The molecule has 1 fully saturated rings. The Kier molecular flexibility index (Phi) is 4.17. The lowest BCUT2D eigenvalue weighted by molar-refractivity contribution is -0.114. The quantitative estimate of drug-likeness (QED) is 0.666. The maximum Gasteiger partial charge on any atom is 0.351 e. The van der Waals surface area contributed by atoms with Gasteiger partial charge in [-0.2, -0.15) is 4.98 Å². The highest BCUT2D eigenvalue weighted by Crippen LogP contribution is 2.27. The minimum atomic E-state index is -0.827. The van der Waals surface area contributed by atoms with Crippen molar-refractivity contribution in [3.63, 3.8) is 0 Å². The lowest BCUT2D eigenvalue weighted by atomic mass is 10.2. The second-order valence-electron chi connectivity index (χ2n) is 4.76. The van der Waals surface area contributed by atoms with E-state index in [0.29, 0.717) is 5.56 Å². The Balaban J connectivity index is 2.28. The highest BCUT2D eigenvalue weighted by molar-refractivity contribution is 5.88. The molecule has 1 saturated heterocycles. The summed E-state index contributed by atoms with van der Waals surface area (Å²) in [5.74, 6) is -0.110. The first-order chi connectivity index (χ1) is 9.42. The minimum Gasteiger partial charge on any atom is -0.394 e. The zero-order chi connectivity index (χ0) is 14.9. The molecule has 0 aromatic carbocycles. The standard InChI is InChI=1S/C12H17N3O5/c1-6-4-15(10-3-8(18)9(5-16)20-10)12(19)14-11(6)13-7(2)17/h4,8-10,16,18H,3,5H2,1-2H3,(H,13,14,17,19)/t8-,9-,10-/m1/s1. The highest BCUT2D eigenvalue weighted by Gasteiger charge is 2.35. The van der Waals surface area contributed by atoms with Crippen LogP contribution in [0.25, 0.3) is 0 Å². The fraction of sp³-hybridized carbons (Fsp3) is 0.583. The Hall–Kier alpha value is -1.77. The maximum absolute atomic E-state index is 11.9. The van der Waals surface area contributed by atoms with Gasteiger partial charge in [-0.25, -0.2) is 4.79 Å². The normalized spacial score (nSPS) is 25.7. The van der Waals surface area contributed by atoms with E-state index in [4.69, 9.17) is 9.84 Å². The molecule has 0 spiro atoms. The molecule has 20 heavy (non-hydrogen) atoms. The molecule has 1 aliphatic rings. The molecule has 1 aromatic rings. The van der Waals surface area contributed by atoms with E-state index >= 15 is 0 Å². The third-order valence-electron chi connectivity index (χ3n) is 3.12. The van der Waals surface area contributed by atoms with Crippen LogP contribution in [0, 0.1) is 6.92 Å². The van der Waals surface area contributed by atoms with E-state index in [0.717, 1.165) is 0 Å². The number of nitrogens with one attached hydrogen (secondary N) is 1. The average Bonchev–Trinajstić information content (AvgIpc) is 2.74. The van der Waals surface area contributed by atoms with Gasteiger partial charge < -0.3 is 20.3 Å². The van der Waals surface area contributed by atoms with Gasteiger partial charge in [0.25, 0.3) is 0 Å². The van der Waals surface area contributed by atoms with Crippen LogP contribution in [0.2, 0.25) is 0 Å². The van der Waals surface area contributed by atoms with Crippen LogP contribution in [0.1, 0.15) is 25.1 Å². The number of anilines is 1. The Morgan fingerprint density at radius 1 is 1.65 bits per heavy atom. The van der Waals surface area contributed by atoms with Crippen molar-refractivity contribution in [2.24, 2.45) is 0 Å². The summed E-state index contributed by atoms with van der Waals surface area (Å²) in [5.41, 5.74) is 0.0143. The zero-order valence-corrected chi connectivity index (χ0v) is 11.2. The van der Waals surface area contributed by atoms with Gasteiger partial charge in [-0.3, -0.25) is 9.36 Å². The molecule has 110 valence electrons. The van der Waals surface area contributed by atoms with Gasteiger partial charge in [0.1, 0.15) is 18.1 Å². The number of aliphatic hydroxyl groups excluding tert-OH is 2. The number of aromatic nitrogens is 2. The summed E-state index contributed by atoms with van der Waals surface area (Å²) in [6, 6.07) is 0. The number of carbonyl (C=O) groups excluding carboxylic acids is 1. The van der Waals surface area contributed by atoms with Crippen LogP contribution in [-0.4, -0.2) is 44.5 Å². The molecule has 2 rings (SSSR count). The van der Waals surface area contributed by atoms with Crippen molar-refractivity contribution < 1.29 is 19.7 Å². The van der Waals surface area contributed by atoms with E-state index < -0.39 is 24.1 Å². The van der Waals surface area contributed by atoms with Crippen LogP contribution in [0.3, 0.4) is 0 Å². The van der Waals surface area contributed by atoms with Gasteiger partial charge in [0, 0.05) is 25.1 Å². The van der Waals surface area contributed by atoms with E-state index in [2.05, 4.69) is 10.3 Å². The van der Waals surface area contributed by atoms with Crippen LogP contribution in [-0.2, 0) is 9.53 Å². The number of carbonyl (C=O) groups is 1. The van der Waals surface area contributed by atoms with Gasteiger partial charge in [-0.15, -0.1) is 0 Å². The molecule has 2 heterocycles. The first-order valence-corrected chi connectivity index (χ1v) is 6.24. The molecule has 0 unspecified atom stereocenters. The van der Waals surface area contributed by atoms with Gasteiger partial charge in [-0.05, 0) is 6.92 Å². The number of amides is 1. The molecule has 1 aliphatic heterocycles. The summed E-state index contributed by atoms with van der Waals surface area (Å²) in [5, 5.41) is 21.2. The second-order valence-corrected chi connectivity index (χ2v) is 4.76. The molecule has 3 N–H and O–H groups in total. The van der Waals surface area contributed by atoms with Crippen LogP contribution in [0.5, 0.6) is 0 Å².